The molecule has 1 saturated carbocycles. The van der Waals surface area contributed by atoms with Gasteiger partial charge in [0.2, 0.25) is 5.91 Å². The first-order valence-electron chi connectivity index (χ1n) is 14.3. The predicted molar refractivity (Wildman–Crippen MR) is 155 cm³/mol. The third-order valence-corrected chi connectivity index (χ3v) is 7.63. The number of nitrogens with zero attached hydrogens (tertiary/aromatic N) is 1. The second-order valence-electron chi connectivity index (χ2n) is 10.4. The predicted octanol–water partition coefficient (Wildman–Crippen LogP) is 8.38. The molecule has 0 spiro atoms. The number of rotatable bonds is 12. The van der Waals surface area contributed by atoms with Crippen LogP contribution >= 0.6 is 0 Å². The van der Waals surface area contributed by atoms with Gasteiger partial charge in [0.25, 0.3) is 0 Å². The van der Waals surface area contributed by atoms with Crippen molar-refractivity contribution < 1.29 is 14.3 Å². The number of hydrogen-bond acceptors (Lipinski definition) is 3. The summed E-state index contributed by atoms with van der Waals surface area (Å²) in [5, 5.41) is 0. The molecule has 0 N–H and O–H groups in total. The molecule has 4 nitrogen and oxygen atoms in total. The fourth-order valence-electron chi connectivity index (χ4n) is 5.31. The average Bonchev–Trinajstić information content (AvgIpc) is 3.48. The second-order valence-corrected chi connectivity index (χ2v) is 10.4. The van der Waals surface area contributed by atoms with Crippen molar-refractivity contribution in [1.29, 1.82) is 0 Å². The molecule has 1 amide bonds. The van der Waals surface area contributed by atoms with Gasteiger partial charge in [-0.05, 0) is 78.6 Å². The van der Waals surface area contributed by atoms with Crippen molar-refractivity contribution in [3.05, 3.63) is 89.5 Å². The van der Waals surface area contributed by atoms with Crippen LogP contribution in [0.5, 0.6) is 0 Å². The van der Waals surface area contributed by atoms with Crippen LogP contribution in [0.1, 0.15) is 86.7 Å². The van der Waals surface area contributed by atoms with Crippen LogP contribution in [0.15, 0.2) is 72.8 Å². The fourth-order valence-corrected chi connectivity index (χ4v) is 5.31. The van der Waals surface area contributed by atoms with E-state index in [9.17, 15) is 9.59 Å². The highest BCUT2D eigenvalue weighted by Crippen LogP contribution is 2.30. The van der Waals surface area contributed by atoms with E-state index in [1.165, 1.54) is 55.2 Å². The number of carbonyl (C=O) groups is 2. The third-order valence-electron chi connectivity index (χ3n) is 7.63. The number of unbranched alkanes of at least 4 members (excludes halogenated alkanes) is 1. The molecule has 0 bridgehead atoms. The molecular formula is C34H41NO3. The molecule has 0 heterocycles. The van der Waals surface area contributed by atoms with Gasteiger partial charge in [-0.3, -0.25) is 4.79 Å². The van der Waals surface area contributed by atoms with E-state index in [1.54, 1.807) is 19.1 Å². The van der Waals surface area contributed by atoms with Crippen molar-refractivity contribution >= 4 is 17.6 Å². The van der Waals surface area contributed by atoms with Crippen LogP contribution < -0.4 is 4.90 Å². The Morgan fingerprint density at radius 3 is 2.00 bits per heavy atom. The van der Waals surface area contributed by atoms with Crippen LogP contribution in [0.25, 0.3) is 11.1 Å². The first-order valence-corrected chi connectivity index (χ1v) is 14.3. The van der Waals surface area contributed by atoms with Gasteiger partial charge in [-0.15, -0.1) is 0 Å². The van der Waals surface area contributed by atoms with Gasteiger partial charge in [-0.1, -0.05) is 87.6 Å². The molecule has 0 atom stereocenters. The van der Waals surface area contributed by atoms with Crippen molar-refractivity contribution in [1.82, 2.24) is 0 Å². The van der Waals surface area contributed by atoms with Crippen molar-refractivity contribution in [3.8, 4) is 11.1 Å². The molecule has 1 aliphatic carbocycles. The van der Waals surface area contributed by atoms with Crippen molar-refractivity contribution in [2.45, 2.75) is 78.2 Å². The van der Waals surface area contributed by atoms with E-state index < -0.39 is 0 Å². The summed E-state index contributed by atoms with van der Waals surface area (Å²) in [6.45, 7) is 4.85. The molecule has 4 rings (SSSR count). The van der Waals surface area contributed by atoms with E-state index in [1.807, 2.05) is 17.0 Å². The Balaban J connectivity index is 1.48. The molecule has 0 aromatic heterocycles. The lowest BCUT2D eigenvalue weighted by atomic mass is 10.00. The molecule has 0 aliphatic heterocycles. The second kappa shape index (κ2) is 13.9. The summed E-state index contributed by atoms with van der Waals surface area (Å²) < 4.78 is 5.12. The third kappa shape index (κ3) is 7.56. The normalized spacial score (nSPS) is 13.4. The average molecular weight is 512 g/mol. The summed E-state index contributed by atoms with van der Waals surface area (Å²) in [6, 6.07) is 24.6. The van der Waals surface area contributed by atoms with Gasteiger partial charge in [-0.2, -0.15) is 0 Å². The monoisotopic (exact) mass is 511 g/mol. The maximum absolute atomic E-state index is 13.5. The zero-order valence-electron chi connectivity index (χ0n) is 23.0. The summed E-state index contributed by atoms with van der Waals surface area (Å²) in [6.07, 6.45) is 10.1. The quantitative estimate of drug-likeness (QED) is 0.229. The number of amides is 1. The van der Waals surface area contributed by atoms with Gasteiger partial charge >= 0.3 is 5.97 Å². The van der Waals surface area contributed by atoms with Crippen LogP contribution in [-0.4, -0.2) is 18.5 Å². The molecule has 4 heteroatoms. The molecular weight excluding hydrogens is 470 g/mol. The maximum atomic E-state index is 13.5. The number of hydrogen-bond donors (Lipinski definition) is 0. The lowest BCUT2D eigenvalue weighted by Gasteiger charge is -2.24. The number of benzene rings is 3. The molecule has 0 radical (unpaired) electrons. The van der Waals surface area contributed by atoms with Crippen molar-refractivity contribution in [2.24, 2.45) is 5.92 Å². The molecule has 1 fully saturated rings. The minimum atomic E-state index is -0.341. The van der Waals surface area contributed by atoms with E-state index in [4.69, 9.17) is 4.74 Å². The Morgan fingerprint density at radius 1 is 0.816 bits per heavy atom. The maximum Gasteiger partial charge on any atom is 0.338 e. The van der Waals surface area contributed by atoms with E-state index in [2.05, 4.69) is 55.5 Å². The van der Waals surface area contributed by atoms with Crippen molar-refractivity contribution in [2.75, 3.05) is 11.5 Å². The van der Waals surface area contributed by atoms with Gasteiger partial charge in [0, 0.05) is 12.1 Å². The fraction of sp³-hybridized carbons (Fsp3) is 0.412. The minimum Gasteiger partial charge on any atom is -0.462 e. The number of carbonyl (C=O) groups excluding carboxylic acids is 2. The summed E-state index contributed by atoms with van der Waals surface area (Å²) in [5.41, 5.74) is 6.15. The standard InChI is InChI=1S/C34H41NO3/c1-3-5-8-27-11-16-29(17-12-27)30-18-13-28(14-19-30)25-35(33(36)24-15-26-9-6-7-10-26)32-22-20-31(21-23-32)34(37)38-4-2/h11-14,16-23,26H,3-10,15,24-25H2,1-2H3. The smallest absolute Gasteiger partial charge is 0.338 e. The summed E-state index contributed by atoms with van der Waals surface area (Å²) in [7, 11) is 0. The SMILES string of the molecule is CCCCc1ccc(-c2ccc(CN(C(=O)CCC3CCCC3)c3ccc(C(=O)OCC)cc3)cc2)cc1. The molecule has 3 aromatic rings. The lowest BCUT2D eigenvalue weighted by molar-refractivity contribution is -0.119. The van der Waals surface area contributed by atoms with Crippen LogP contribution in [0.3, 0.4) is 0 Å². The molecule has 1 aliphatic rings. The molecule has 38 heavy (non-hydrogen) atoms. The number of ether oxygens (including phenoxy) is 1. The Bertz CT molecular complexity index is 1160. The van der Waals surface area contributed by atoms with E-state index in [-0.39, 0.29) is 11.9 Å². The van der Waals surface area contributed by atoms with Crippen LogP contribution in [-0.2, 0) is 22.5 Å². The Morgan fingerprint density at radius 2 is 1.42 bits per heavy atom. The number of esters is 1. The van der Waals surface area contributed by atoms with Gasteiger partial charge in [0.15, 0.2) is 0 Å². The topological polar surface area (TPSA) is 46.6 Å². The first kappa shape index (κ1) is 27.6. The lowest BCUT2D eigenvalue weighted by Crippen LogP contribution is -2.30. The van der Waals surface area contributed by atoms with E-state index in [0.29, 0.717) is 31.1 Å². The summed E-state index contributed by atoms with van der Waals surface area (Å²) >= 11 is 0. The van der Waals surface area contributed by atoms with E-state index >= 15 is 0 Å². The summed E-state index contributed by atoms with van der Waals surface area (Å²) in [5.74, 6) is 0.458. The van der Waals surface area contributed by atoms with Gasteiger partial charge < -0.3 is 9.64 Å². The van der Waals surface area contributed by atoms with Crippen LogP contribution in [0.4, 0.5) is 5.69 Å². The Hall–Kier alpha value is -3.40. The Kier molecular flexibility index (Phi) is 10.1. The summed E-state index contributed by atoms with van der Waals surface area (Å²) in [4.78, 5) is 27.4. The van der Waals surface area contributed by atoms with E-state index in [0.717, 1.165) is 24.1 Å². The number of aryl methyl sites for hydroxylation is 1. The highest BCUT2D eigenvalue weighted by Gasteiger charge is 2.21. The first-order chi connectivity index (χ1) is 18.6. The van der Waals surface area contributed by atoms with Crippen LogP contribution in [0.2, 0.25) is 0 Å². The highest BCUT2D eigenvalue weighted by atomic mass is 16.5. The van der Waals surface area contributed by atoms with Gasteiger partial charge in [-0.25, -0.2) is 4.79 Å². The zero-order chi connectivity index (χ0) is 26.7. The highest BCUT2D eigenvalue weighted by molar-refractivity contribution is 5.94. The Labute approximate surface area is 228 Å². The van der Waals surface area contributed by atoms with Crippen LogP contribution in [0, 0.1) is 5.92 Å². The van der Waals surface area contributed by atoms with Crippen molar-refractivity contribution in [3.63, 3.8) is 0 Å². The molecule has 0 saturated heterocycles. The molecule has 200 valence electrons. The zero-order valence-corrected chi connectivity index (χ0v) is 23.0. The molecule has 3 aromatic carbocycles. The minimum absolute atomic E-state index is 0.132. The van der Waals surface area contributed by atoms with Gasteiger partial charge in [0.05, 0.1) is 18.7 Å². The van der Waals surface area contributed by atoms with Gasteiger partial charge in [0.1, 0.15) is 0 Å². The largest absolute Gasteiger partial charge is 0.462 e. The number of anilines is 1. The molecule has 0 unspecified atom stereocenters.